The van der Waals surface area contributed by atoms with Gasteiger partial charge in [0.1, 0.15) is 12.4 Å². The highest BCUT2D eigenvalue weighted by molar-refractivity contribution is 5.39. The SMILES string of the molecule is CCc1ccc(COc2ccc3c(c2)[C@H](N)CCC3)cc1. The number of ether oxygens (including phenoxy) is 1. The van der Waals surface area contributed by atoms with Gasteiger partial charge in [0.05, 0.1) is 0 Å². The third-order valence-corrected chi connectivity index (χ3v) is 4.31. The molecule has 3 rings (SSSR count). The van der Waals surface area contributed by atoms with Gasteiger partial charge in [-0.15, -0.1) is 0 Å². The van der Waals surface area contributed by atoms with Crippen LogP contribution >= 0.6 is 0 Å². The second kappa shape index (κ2) is 6.31. The van der Waals surface area contributed by atoms with Crippen LogP contribution in [0, 0.1) is 0 Å². The van der Waals surface area contributed by atoms with E-state index >= 15 is 0 Å². The van der Waals surface area contributed by atoms with Crippen molar-refractivity contribution in [2.45, 2.75) is 45.3 Å². The lowest BCUT2D eigenvalue weighted by atomic mass is 9.88. The molecule has 110 valence electrons. The van der Waals surface area contributed by atoms with Gasteiger partial charge in [-0.2, -0.15) is 0 Å². The van der Waals surface area contributed by atoms with Crippen LogP contribution in [0.1, 0.15) is 48.1 Å². The Hall–Kier alpha value is -1.80. The summed E-state index contributed by atoms with van der Waals surface area (Å²) >= 11 is 0. The molecule has 2 aromatic carbocycles. The van der Waals surface area contributed by atoms with Crippen molar-refractivity contribution in [3.63, 3.8) is 0 Å². The first-order chi connectivity index (χ1) is 10.3. The van der Waals surface area contributed by atoms with Crippen molar-refractivity contribution in [2.24, 2.45) is 5.73 Å². The van der Waals surface area contributed by atoms with Gasteiger partial charge in [-0.1, -0.05) is 37.3 Å². The van der Waals surface area contributed by atoms with Crippen molar-refractivity contribution in [2.75, 3.05) is 0 Å². The molecule has 0 unspecified atom stereocenters. The third-order valence-electron chi connectivity index (χ3n) is 4.31. The van der Waals surface area contributed by atoms with Crippen molar-refractivity contribution in [1.82, 2.24) is 0 Å². The van der Waals surface area contributed by atoms with E-state index in [9.17, 15) is 0 Å². The molecular formula is C19H23NO. The van der Waals surface area contributed by atoms with Crippen LogP contribution < -0.4 is 10.5 Å². The van der Waals surface area contributed by atoms with E-state index in [0.717, 1.165) is 25.0 Å². The van der Waals surface area contributed by atoms with Crippen molar-refractivity contribution >= 4 is 0 Å². The smallest absolute Gasteiger partial charge is 0.120 e. The zero-order valence-corrected chi connectivity index (χ0v) is 12.6. The maximum absolute atomic E-state index is 6.20. The minimum atomic E-state index is 0.168. The van der Waals surface area contributed by atoms with Gasteiger partial charge < -0.3 is 10.5 Å². The monoisotopic (exact) mass is 281 g/mol. The van der Waals surface area contributed by atoms with Crippen LogP contribution in [0.2, 0.25) is 0 Å². The number of benzene rings is 2. The highest BCUT2D eigenvalue weighted by Gasteiger charge is 2.17. The van der Waals surface area contributed by atoms with Crippen LogP contribution in [-0.2, 0) is 19.4 Å². The zero-order chi connectivity index (χ0) is 14.7. The Morgan fingerprint density at radius 3 is 2.62 bits per heavy atom. The van der Waals surface area contributed by atoms with Gasteiger partial charge in [-0.05, 0) is 60.1 Å². The zero-order valence-electron chi connectivity index (χ0n) is 12.6. The first-order valence-corrected chi connectivity index (χ1v) is 7.85. The summed E-state index contributed by atoms with van der Waals surface area (Å²) in [4.78, 5) is 0. The molecule has 1 atom stereocenters. The number of aryl methyl sites for hydroxylation is 2. The second-order valence-electron chi connectivity index (χ2n) is 5.82. The maximum Gasteiger partial charge on any atom is 0.120 e. The minimum Gasteiger partial charge on any atom is -0.489 e. The lowest BCUT2D eigenvalue weighted by Crippen LogP contribution is -2.17. The van der Waals surface area contributed by atoms with E-state index in [1.807, 2.05) is 0 Å². The van der Waals surface area contributed by atoms with Gasteiger partial charge in [0.2, 0.25) is 0 Å². The Balaban J connectivity index is 1.68. The Labute approximate surface area is 126 Å². The molecule has 0 spiro atoms. The van der Waals surface area contributed by atoms with E-state index in [0.29, 0.717) is 6.61 Å². The van der Waals surface area contributed by atoms with Crippen molar-refractivity contribution in [3.8, 4) is 5.75 Å². The molecule has 0 saturated heterocycles. The summed E-state index contributed by atoms with van der Waals surface area (Å²) in [6.45, 7) is 2.78. The van der Waals surface area contributed by atoms with Crippen LogP contribution in [0.25, 0.3) is 0 Å². The van der Waals surface area contributed by atoms with Gasteiger partial charge in [-0.3, -0.25) is 0 Å². The van der Waals surface area contributed by atoms with Crippen LogP contribution in [0.4, 0.5) is 0 Å². The molecule has 2 aromatic rings. The summed E-state index contributed by atoms with van der Waals surface area (Å²) in [6, 6.07) is 15.1. The van der Waals surface area contributed by atoms with E-state index in [1.165, 1.54) is 28.7 Å². The van der Waals surface area contributed by atoms with Crippen molar-refractivity contribution in [3.05, 3.63) is 64.7 Å². The lowest BCUT2D eigenvalue weighted by molar-refractivity contribution is 0.305. The Morgan fingerprint density at radius 1 is 1.10 bits per heavy atom. The first kappa shape index (κ1) is 14.2. The summed E-state index contributed by atoms with van der Waals surface area (Å²) < 4.78 is 5.92. The molecular weight excluding hydrogens is 258 g/mol. The molecule has 1 aliphatic rings. The predicted octanol–water partition coefficient (Wildman–Crippen LogP) is 4.16. The molecule has 0 radical (unpaired) electrons. The van der Waals surface area contributed by atoms with Crippen molar-refractivity contribution in [1.29, 1.82) is 0 Å². The maximum atomic E-state index is 6.20. The van der Waals surface area contributed by atoms with Crippen LogP contribution in [0.15, 0.2) is 42.5 Å². The lowest BCUT2D eigenvalue weighted by Gasteiger charge is -2.22. The largest absolute Gasteiger partial charge is 0.489 e. The van der Waals surface area contributed by atoms with E-state index in [4.69, 9.17) is 10.5 Å². The van der Waals surface area contributed by atoms with E-state index < -0.39 is 0 Å². The standard InChI is InChI=1S/C19H23NO/c1-2-14-6-8-15(9-7-14)13-21-17-11-10-16-4-3-5-19(20)18(16)12-17/h6-12,19H,2-5,13,20H2,1H3/t19-/m1/s1. The van der Waals surface area contributed by atoms with E-state index in [-0.39, 0.29) is 6.04 Å². The van der Waals surface area contributed by atoms with Gasteiger partial charge in [0.15, 0.2) is 0 Å². The van der Waals surface area contributed by atoms with Crippen LogP contribution in [0.5, 0.6) is 5.75 Å². The first-order valence-electron chi connectivity index (χ1n) is 7.85. The topological polar surface area (TPSA) is 35.2 Å². The number of hydrogen-bond donors (Lipinski definition) is 1. The van der Waals surface area contributed by atoms with Gasteiger partial charge in [-0.25, -0.2) is 0 Å². The molecule has 1 aliphatic carbocycles. The average Bonchev–Trinajstić information content (AvgIpc) is 2.54. The highest BCUT2D eigenvalue weighted by Crippen LogP contribution is 2.31. The molecule has 0 amide bonds. The number of rotatable bonds is 4. The summed E-state index contributed by atoms with van der Waals surface area (Å²) in [5.74, 6) is 0.922. The predicted molar refractivity (Wildman–Crippen MR) is 86.5 cm³/mol. The van der Waals surface area contributed by atoms with Gasteiger partial charge in [0.25, 0.3) is 0 Å². The molecule has 0 aliphatic heterocycles. The Morgan fingerprint density at radius 2 is 1.86 bits per heavy atom. The summed E-state index contributed by atoms with van der Waals surface area (Å²) in [5.41, 5.74) is 11.4. The average molecular weight is 281 g/mol. The third kappa shape index (κ3) is 3.27. The summed E-state index contributed by atoms with van der Waals surface area (Å²) in [7, 11) is 0. The number of hydrogen-bond acceptors (Lipinski definition) is 2. The molecule has 0 aromatic heterocycles. The molecule has 0 saturated carbocycles. The summed E-state index contributed by atoms with van der Waals surface area (Å²) in [6.07, 6.45) is 4.48. The van der Waals surface area contributed by atoms with Crippen molar-refractivity contribution < 1.29 is 4.74 Å². The fourth-order valence-corrected chi connectivity index (χ4v) is 2.94. The minimum absolute atomic E-state index is 0.168. The Bertz CT molecular complexity index is 603. The number of fused-ring (bicyclic) bond motifs is 1. The molecule has 0 fully saturated rings. The second-order valence-corrected chi connectivity index (χ2v) is 5.82. The summed E-state index contributed by atoms with van der Waals surface area (Å²) in [5, 5.41) is 0. The van der Waals surface area contributed by atoms with E-state index in [2.05, 4.69) is 49.4 Å². The quantitative estimate of drug-likeness (QED) is 0.913. The molecule has 2 nitrogen and oxygen atoms in total. The molecule has 0 bridgehead atoms. The highest BCUT2D eigenvalue weighted by atomic mass is 16.5. The van der Waals surface area contributed by atoms with E-state index in [1.54, 1.807) is 0 Å². The van der Waals surface area contributed by atoms with Gasteiger partial charge in [0, 0.05) is 6.04 Å². The van der Waals surface area contributed by atoms with Crippen LogP contribution in [-0.4, -0.2) is 0 Å². The number of nitrogens with two attached hydrogens (primary N) is 1. The van der Waals surface area contributed by atoms with Crippen LogP contribution in [0.3, 0.4) is 0 Å². The molecule has 2 heteroatoms. The molecule has 21 heavy (non-hydrogen) atoms. The fourth-order valence-electron chi connectivity index (χ4n) is 2.94. The van der Waals surface area contributed by atoms with Gasteiger partial charge >= 0.3 is 0 Å². The Kier molecular flexibility index (Phi) is 4.26. The molecule has 2 N–H and O–H groups in total. The normalized spacial score (nSPS) is 17.3. The molecule has 0 heterocycles. The fraction of sp³-hybridized carbons (Fsp3) is 0.368.